The maximum Gasteiger partial charge on any atom is 0.217 e. The molecule has 1 aromatic heterocycles. The highest BCUT2D eigenvalue weighted by atomic mass is 79.9. The lowest BCUT2D eigenvalue weighted by molar-refractivity contribution is 0.261. The summed E-state index contributed by atoms with van der Waals surface area (Å²) in [4.78, 5) is 8.77. The van der Waals surface area contributed by atoms with Gasteiger partial charge in [-0.3, -0.25) is 0 Å². The van der Waals surface area contributed by atoms with Crippen molar-refractivity contribution in [2.75, 3.05) is 13.2 Å². The van der Waals surface area contributed by atoms with E-state index in [2.05, 4.69) is 46.7 Å². The Kier molecular flexibility index (Phi) is 6.02. The van der Waals surface area contributed by atoms with E-state index in [1.807, 2.05) is 0 Å². The Hall–Kier alpha value is -0.680. The summed E-state index contributed by atoms with van der Waals surface area (Å²) >= 11 is 3.38. The molecule has 1 aromatic rings. The molecule has 0 aliphatic heterocycles. The van der Waals surface area contributed by atoms with E-state index in [1.165, 1.54) is 0 Å². The second kappa shape index (κ2) is 7.04. The maximum atomic E-state index is 8.68. The lowest BCUT2D eigenvalue weighted by Crippen LogP contribution is -2.16. The first-order valence-corrected chi connectivity index (χ1v) is 7.01. The summed E-state index contributed by atoms with van der Waals surface area (Å²) in [6.45, 7) is 7.07. The minimum Gasteiger partial charge on any atom is -0.478 e. The van der Waals surface area contributed by atoms with Crippen molar-refractivity contribution in [2.24, 2.45) is 0 Å². The van der Waals surface area contributed by atoms with E-state index in [0.717, 1.165) is 29.7 Å². The van der Waals surface area contributed by atoms with Crippen LogP contribution in [-0.2, 0) is 5.41 Å². The number of unbranched alkanes of at least 4 members (excludes halogenated alkanes) is 2. The minimum atomic E-state index is -0.0984. The summed E-state index contributed by atoms with van der Waals surface area (Å²) in [5.74, 6) is 1.37. The molecule has 0 amide bonds. The van der Waals surface area contributed by atoms with Crippen molar-refractivity contribution < 1.29 is 9.84 Å². The largest absolute Gasteiger partial charge is 0.478 e. The highest BCUT2D eigenvalue weighted by Crippen LogP contribution is 2.23. The van der Waals surface area contributed by atoms with Crippen molar-refractivity contribution in [3.63, 3.8) is 0 Å². The molecule has 0 saturated heterocycles. The molecule has 0 saturated carbocycles. The van der Waals surface area contributed by atoms with Gasteiger partial charge in [-0.05, 0) is 35.2 Å². The molecular weight excluding hydrogens is 296 g/mol. The van der Waals surface area contributed by atoms with E-state index in [4.69, 9.17) is 9.84 Å². The summed E-state index contributed by atoms with van der Waals surface area (Å²) in [7, 11) is 0. The number of halogens is 1. The normalized spacial score (nSPS) is 11.6. The molecule has 4 nitrogen and oxygen atoms in total. The monoisotopic (exact) mass is 316 g/mol. The van der Waals surface area contributed by atoms with Crippen molar-refractivity contribution >= 4 is 15.9 Å². The summed E-state index contributed by atoms with van der Waals surface area (Å²) < 4.78 is 6.35. The van der Waals surface area contributed by atoms with Crippen molar-refractivity contribution in [1.82, 2.24) is 9.97 Å². The number of aliphatic hydroxyl groups is 1. The van der Waals surface area contributed by atoms with Gasteiger partial charge in [-0.15, -0.1) is 0 Å². The molecule has 1 rings (SSSR count). The molecule has 0 fully saturated rings. The Morgan fingerprint density at radius 1 is 1.22 bits per heavy atom. The molecule has 0 aliphatic carbocycles. The van der Waals surface area contributed by atoms with Crippen LogP contribution < -0.4 is 4.74 Å². The van der Waals surface area contributed by atoms with Gasteiger partial charge in [0.25, 0.3) is 0 Å². The summed E-state index contributed by atoms with van der Waals surface area (Å²) in [5.41, 5.74) is -0.0984. The van der Waals surface area contributed by atoms with Crippen molar-refractivity contribution in [2.45, 2.75) is 45.4 Å². The number of rotatable bonds is 6. The van der Waals surface area contributed by atoms with Gasteiger partial charge in [-0.25, -0.2) is 4.98 Å². The van der Waals surface area contributed by atoms with Crippen LogP contribution in [0, 0.1) is 0 Å². The van der Waals surface area contributed by atoms with E-state index in [-0.39, 0.29) is 12.0 Å². The molecule has 5 heteroatoms. The molecule has 1 N–H and O–H groups in total. The van der Waals surface area contributed by atoms with E-state index < -0.39 is 0 Å². The summed E-state index contributed by atoms with van der Waals surface area (Å²) in [5, 5.41) is 8.68. The van der Waals surface area contributed by atoms with Gasteiger partial charge in [0.1, 0.15) is 10.4 Å². The van der Waals surface area contributed by atoms with Crippen LogP contribution in [0.25, 0.3) is 0 Å². The van der Waals surface area contributed by atoms with E-state index in [1.54, 1.807) is 6.07 Å². The zero-order chi connectivity index (χ0) is 13.6. The molecule has 0 atom stereocenters. The predicted octanol–water partition coefficient (Wildman–Crippen LogP) is 3.08. The van der Waals surface area contributed by atoms with Gasteiger partial charge in [0.15, 0.2) is 0 Å². The average molecular weight is 317 g/mol. The first-order chi connectivity index (χ1) is 8.43. The van der Waals surface area contributed by atoms with Crippen LogP contribution in [0.3, 0.4) is 0 Å². The molecule has 1 heterocycles. The highest BCUT2D eigenvalue weighted by Gasteiger charge is 2.19. The van der Waals surface area contributed by atoms with Gasteiger partial charge in [-0.1, -0.05) is 20.8 Å². The van der Waals surface area contributed by atoms with Gasteiger partial charge >= 0.3 is 0 Å². The lowest BCUT2D eigenvalue weighted by Gasteiger charge is -2.17. The molecule has 0 radical (unpaired) electrons. The Labute approximate surface area is 117 Å². The third-order valence-electron chi connectivity index (χ3n) is 2.39. The molecule has 0 unspecified atom stereocenters. The quantitative estimate of drug-likeness (QED) is 0.647. The molecule has 0 bridgehead atoms. The molecule has 102 valence electrons. The van der Waals surface area contributed by atoms with Crippen LogP contribution in [0.4, 0.5) is 0 Å². The van der Waals surface area contributed by atoms with Crippen LogP contribution in [0.1, 0.15) is 45.9 Å². The minimum absolute atomic E-state index is 0.0984. The number of hydrogen-bond acceptors (Lipinski definition) is 4. The van der Waals surface area contributed by atoms with E-state index in [9.17, 15) is 0 Å². The zero-order valence-corrected chi connectivity index (χ0v) is 12.8. The molecule has 18 heavy (non-hydrogen) atoms. The SMILES string of the molecule is CC(C)(C)c1nc(Br)cc(OCCCCCO)n1. The first kappa shape index (κ1) is 15.4. The Morgan fingerprint density at radius 3 is 2.56 bits per heavy atom. The number of aliphatic hydroxyl groups excluding tert-OH is 1. The molecule has 0 spiro atoms. The fourth-order valence-corrected chi connectivity index (χ4v) is 1.74. The number of hydrogen-bond donors (Lipinski definition) is 1. The third-order valence-corrected chi connectivity index (χ3v) is 2.80. The third kappa shape index (κ3) is 5.31. The van der Waals surface area contributed by atoms with Crippen LogP contribution in [0.2, 0.25) is 0 Å². The van der Waals surface area contributed by atoms with Crippen molar-refractivity contribution in [3.05, 3.63) is 16.5 Å². The smallest absolute Gasteiger partial charge is 0.217 e. The summed E-state index contributed by atoms with van der Waals surface area (Å²) in [6.07, 6.45) is 2.71. The predicted molar refractivity (Wildman–Crippen MR) is 74.9 cm³/mol. The van der Waals surface area contributed by atoms with Crippen LogP contribution in [0.15, 0.2) is 10.7 Å². The maximum absolute atomic E-state index is 8.68. The number of nitrogens with zero attached hydrogens (tertiary/aromatic N) is 2. The average Bonchev–Trinajstić information content (AvgIpc) is 2.27. The Bertz CT molecular complexity index is 378. The van der Waals surface area contributed by atoms with Crippen LogP contribution >= 0.6 is 15.9 Å². The van der Waals surface area contributed by atoms with Gasteiger partial charge in [-0.2, -0.15) is 4.98 Å². The van der Waals surface area contributed by atoms with E-state index >= 15 is 0 Å². The fourth-order valence-electron chi connectivity index (χ4n) is 1.37. The highest BCUT2D eigenvalue weighted by molar-refractivity contribution is 9.10. The van der Waals surface area contributed by atoms with E-state index in [0.29, 0.717) is 12.5 Å². The fraction of sp³-hybridized carbons (Fsp3) is 0.692. The second-order valence-corrected chi connectivity index (χ2v) is 6.05. The Morgan fingerprint density at radius 2 is 1.94 bits per heavy atom. The van der Waals surface area contributed by atoms with Gasteiger partial charge in [0.05, 0.1) is 6.61 Å². The lowest BCUT2D eigenvalue weighted by atomic mass is 9.96. The number of ether oxygens (including phenoxy) is 1. The second-order valence-electron chi connectivity index (χ2n) is 5.24. The van der Waals surface area contributed by atoms with Crippen LogP contribution in [-0.4, -0.2) is 28.3 Å². The van der Waals surface area contributed by atoms with Crippen LogP contribution in [0.5, 0.6) is 5.88 Å². The topological polar surface area (TPSA) is 55.2 Å². The molecule has 0 aliphatic rings. The van der Waals surface area contributed by atoms with Gasteiger partial charge in [0, 0.05) is 18.1 Å². The van der Waals surface area contributed by atoms with Crippen molar-refractivity contribution in [3.8, 4) is 5.88 Å². The van der Waals surface area contributed by atoms with Gasteiger partial charge in [0.2, 0.25) is 5.88 Å². The first-order valence-electron chi connectivity index (χ1n) is 6.22. The van der Waals surface area contributed by atoms with Crippen molar-refractivity contribution in [1.29, 1.82) is 0 Å². The zero-order valence-electron chi connectivity index (χ0n) is 11.2. The standard InChI is InChI=1S/C13H21BrN2O2/c1-13(2,3)12-15-10(14)9-11(16-12)18-8-6-4-5-7-17/h9,17H,4-8H2,1-3H3. The Balaban J connectivity index is 2.58. The molecule has 0 aromatic carbocycles. The summed E-state index contributed by atoms with van der Waals surface area (Å²) in [6, 6.07) is 1.78. The molecular formula is C13H21BrN2O2. The van der Waals surface area contributed by atoms with Gasteiger partial charge < -0.3 is 9.84 Å². The number of aromatic nitrogens is 2.